The van der Waals surface area contributed by atoms with Gasteiger partial charge in [-0.3, -0.25) is 0 Å². The lowest BCUT2D eigenvalue weighted by Crippen LogP contribution is -2.43. The first-order valence-electron chi connectivity index (χ1n) is 7.05. The van der Waals surface area contributed by atoms with Gasteiger partial charge in [0.1, 0.15) is 0 Å². The lowest BCUT2D eigenvalue weighted by atomic mass is 9.97. The Hall–Kier alpha value is -1.30. The van der Waals surface area contributed by atoms with Gasteiger partial charge in [-0.05, 0) is 12.8 Å². The fourth-order valence-electron chi connectivity index (χ4n) is 2.28. The van der Waals surface area contributed by atoms with E-state index in [-0.39, 0.29) is 25.0 Å². The summed E-state index contributed by atoms with van der Waals surface area (Å²) in [5.41, 5.74) is 0. The maximum atomic E-state index is 11.6. The number of rotatable bonds is 5. The molecule has 0 aromatic carbocycles. The number of aliphatic hydroxyl groups is 1. The molecule has 0 aromatic rings. The zero-order valence-corrected chi connectivity index (χ0v) is 11.2. The van der Waals surface area contributed by atoms with E-state index in [2.05, 4.69) is 10.6 Å². The number of hydrogen-bond donors (Lipinski definition) is 4. The number of carbonyl (C=O) groups excluding carboxylic acids is 1. The Balaban J connectivity index is 2.16. The molecular formula is C13H24N2O4. The molecule has 1 aliphatic carbocycles. The van der Waals surface area contributed by atoms with Gasteiger partial charge in [0.25, 0.3) is 0 Å². The van der Waals surface area contributed by atoms with Gasteiger partial charge in [-0.25, -0.2) is 9.59 Å². The second-order valence-corrected chi connectivity index (χ2v) is 5.08. The van der Waals surface area contributed by atoms with Crippen molar-refractivity contribution in [3.8, 4) is 0 Å². The molecule has 0 bridgehead atoms. The smallest absolute Gasteiger partial charge is 0.332 e. The largest absolute Gasteiger partial charge is 0.479 e. The first kappa shape index (κ1) is 15.8. The van der Waals surface area contributed by atoms with E-state index in [4.69, 9.17) is 10.2 Å². The molecule has 1 saturated carbocycles. The topological polar surface area (TPSA) is 98.7 Å². The average molecular weight is 272 g/mol. The zero-order chi connectivity index (χ0) is 14.1. The van der Waals surface area contributed by atoms with E-state index >= 15 is 0 Å². The molecular weight excluding hydrogens is 248 g/mol. The van der Waals surface area contributed by atoms with Gasteiger partial charge in [0.2, 0.25) is 0 Å². The van der Waals surface area contributed by atoms with Gasteiger partial charge in [-0.15, -0.1) is 0 Å². The molecule has 4 N–H and O–H groups in total. The summed E-state index contributed by atoms with van der Waals surface area (Å²) in [5, 5.41) is 23.0. The van der Waals surface area contributed by atoms with Gasteiger partial charge < -0.3 is 20.8 Å². The monoisotopic (exact) mass is 272 g/mol. The summed E-state index contributed by atoms with van der Waals surface area (Å²) in [6.45, 7) is 0.159. The molecule has 2 amide bonds. The fourth-order valence-corrected chi connectivity index (χ4v) is 2.28. The second kappa shape index (κ2) is 8.74. The molecule has 1 aliphatic rings. The first-order chi connectivity index (χ1) is 9.09. The van der Waals surface area contributed by atoms with Crippen LogP contribution >= 0.6 is 0 Å². The van der Waals surface area contributed by atoms with Crippen molar-refractivity contribution in [1.29, 1.82) is 0 Å². The first-order valence-corrected chi connectivity index (χ1v) is 7.05. The molecule has 6 nitrogen and oxygen atoms in total. The number of carbonyl (C=O) groups is 2. The van der Waals surface area contributed by atoms with Crippen LogP contribution in [0.4, 0.5) is 4.79 Å². The van der Waals surface area contributed by atoms with Gasteiger partial charge in [-0.2, -0.15) is 0 Å². The normalized spacial score (nSPS) is 19.0. The molecule has 1 fully saturated rings. The fraction of sp³-hybridized carbons (Fsp3) is 0.846. The van der Waals surface area contributed by atoms with Gasteiger partial charge in [0.05, 0.1) is 0 Å². The highest BCUT2D eigenvalue weighted by Gasteiger charge is 2.15. The van der Waals surface area contributed by atoms with Crippen LogP contribution in [0.1, 0.15) is 51.4 Å². The third kappa shape index (κ3) is 7.00. The quantitative estimate of drug-likeness (QED) is 0.605. The molecule has 1 unspecified atom stereocenters. The molecule has 0 spiro atoms. The maximum absolute atomic E-state index is 11.6. The van der Waals surface area contributed by atoms with Crippen molar-refractivity contribution in [3.05, 3.63) is 0 Å². The molecule has 6 heteroatoms. The summed E-state index contributed by atoms with van der Waals surface area (Å²) in [5.74, 6) is -1.26. The Morgan fingerprint density at radius 1 is 1.11 bits per heavy atom. The third-order valence-corrected chi connectivity index (χ3v) is 3.43. The molecule has 0 aliphatic heterocycles. The van der Waals surface area contributed by atoms with Gasteiger partial charge in [-0.1, -0.05) is 32.1 Å². The van der Waals surface area contributed by atoms with Crippen molar-refractivity contribution in [1.82, 2.24) is 10.6 Å². The molecule has 110 valence electrons. The maximum Gasteiger partial charge on any atom is 0.332 e. The number of amides is 2. The molecule has 0 radical (unpaired) electrons. The summed E-state index contributed by atoms with van der Waals surface area (Å²) in [6.07, 6.45) is 6.64. The number of aliphatic carboxylic acids is 1. The molecule has 1 atom stereocenters. The van der Waals surface area contributed by atoms with Crippen LogP contribution in [0, 0.1) is 0 Å². The minimum atomic E-state index is -1.42. The highest BCUT2D eigenvalue weighted by Crippen LogP contribution is 2.16. The predicted octanol–water partition coefficient (Wildman–Crippen LogP) is 1.23. The van der Waals surface area contributed by atoms with Crippen LogP contribution in [0.5, 0.6) is 0 Å². The molecule has 1 rings (SSSR count). The van der Waals surface area contributed by atoms with Crippen LogP contribution in [0.15, 0.2) is 0 Å². The van der Waals surface area contributed by atoms with Gasteiger partial charge in [0.15, 0.2) is 6.10 Å². The Kier molecular flexibility index (Phi) is 7.25. The van der Waals surface area contributed by atoms with E-state index in [1.54, 1.807) is 0 Å². The van der Waals surface area contributed by atoms with Gasteiger partial charge >= 0.3 is 12.0 Å². The van der Waals surface area contributed by atoms with Crippen LogP contribution in [0.25, 0.3) is 0 Å². The summed E-state index contributed by atoms with van der Waals surface area (Å²) >= 11 is 0. The van der Waals surface area contributed by atoms with E-state index in [1.165, 1.54) is 19.3 Å². The van der Waals surface area contributed by atoms with Crippen LogP contribution < -0.4 is 10.6 Å². The summed E-state index contributed by atoms with van der Waals surface area (Å²) < 4.78 is 0. The van der Waals surface area contributed by atoms with E-state index in [1.807, 2.05) is 0 Å². The highest BCUT2D eigenvalue weighted by atomic mass is 16.4. The van der Waals surface area contributed by atoms with Crippen molar-refractivity contribution in [3.63, 3.8) is 0 Å². The van der Waals surface area contributed by atoms with Gasteiger partial charge in [0, 0.05) is 19.0 Å². The number of carboxylic acids is 1. The van der Waals surface area contributed by atoms with Crippen LogP contribution in [-0.4, -0.2) is 40.9 Å². The second-order valence-electron chi connectivity index (χ2n) is 5.08. The van der Waals surface area contributed by atoms with Crippen LogP contribution in [0.2, 0.25) is 0 Å². The van der Waals surface area contributed by atoms with Crippen molar-refractivity contribution in [2.75, 3.05) is 6.54 Å². The minimum absolute atomic E-state index is 0.0212. The van der Waals surface area contributed by atoms with E-state index < -0.39 is 12.1 Å². The SMILES string of the molecule is O=C(NCCC(O)C(=O)O)NC1CCCCCCC1. The summed E-state index contributed by atoms with van der Waals surface area (Å²) in [6, 6.07) is -0.0622. The number of nitrogens with one attached hydrogen (secondary N) is 2. The number of carboxylic acid groups (broad SMARTS) is 1. The molecule has 19 heavy (non-hydrogen) atoms. The molecule has 0 saturated heterocycles. The lowest BCUT2D eigenvalue weighted by Gasteiger charge is -2.21. The zero-order valence-electron chi connectivity index (χ0n) is 11.2. The Labute approximate surface area is 113 Å². The Bertz CT molecular complexity index is 288. The summed E-state index contributed by atoms with van der Waals surface area (Å²) in [7, 11) is 0. The van der Waals surface area contributed by atoms with Crippen molar-refractivity contribution >= 4 is 12.0 Å². The van der Waals surface area contributed by atoms with E-state index in [9.17, 15) is 9.59 Å². The highest BCUT2D eigenvalue weighted by molar-refractivity contribution is 5.74. The number of hydrogen-bond acceptors (Lipinski definition) is 3. The van der Waals surface area contributed by atoms with Crippen molar-refractivity contribution < 1.29 is 19.8 Å². The molecule has 0 heterocycles. The van der Waals surface area contributed by atoms with Crippen molar-refractivity contribution in [2.24, 2.45) is 0 Å². The average Bonchev–Trinajstić information content (AvgIpc) is 2.32. The Morgan fingerprint density at radius 2 is 1.68 bits per heavy atom. The minimum Gasteiger partial charge on any atom is -0.479 e. The number of aliphatic hydroxyl groups excluding tert-OH is 1. The standard InChI is InChI=1S/C13H24N2O4/c16-11(12(17)18)8-9-14-13(19)15-10-6-4-2-1-3-5-7-10/h10-11,16H,1-9H2,(H,17,18)(H2,14,15,19). The summed E-state index contributed by atoms with van der Waals surface area (Å²) in [4.78, 5) is 22.0. The number of urea groups is 1. The lowest BCUT2D eigenvalue weighted by molar-refractivity contribution is -0.146. The van der Waals surface area contributed by atoms with Crippen LogP contribution in [0.3, 0.4) is 0 Å². The third-order valence-electron chi connectivity index (χ3n) is 3.43. The van der Waals surface area contributed by atoms with Crippen molar-refractivity contribution in [2.45, 2.75) is 63.5 Å². The molecule has 0 aromatic heterocycles. The van der Waals surface area contributed by atoms with E-state index in [0.29, 0.717) is 0 Å². The predicted molar refractivity (Wildman–Crippen MR) is 70.9 cm³/mol. The van der Waals surface area contributed by atoms with Crippen LogP contribution in [-0.2, 0) is 4.79 Å². The van der Waals surface area contributed by atoms with E-state index in [0.717, 1.165) is 25.7 Å². The Morgan fingerprint density at radius 3 is 2.26 bits per heavy atom.